The fraction of sp³-hybridized carbons (Fsp3) is 0.0330. The van der Waals surface area contributed by atoms with Crippen molar-refractivity contribution in [3.8, 4) is 89.3 Å². The number of fused-ring (bicyclic) bond motifs is 9. The van der Waals surface area contributed by atoms with E-state index < -0.39 is 5.41 Å². The van der Waals surface area contributed by atoms with E-state index in [0.29, 0.717) is 0 Å². The number of para-hydroxylation sites is 2. The first-order valence-electron chi connectivity index (χ1n) is 32.5. The van der Waals surface area contributed by atoms with Crippen LogP contribution in [0.5, 0.6) is 0 Å². The summed E-state index contributed by atoms with van der Waals surface area (Å²) in [5, 5.41) is 4.95. The van der Waals surface area contributed by atoms with Crippen LogP contribution in [-0.2, 0) is 5.41 Å². The molecule has 0 N–H and O–H groups in total. The van der Waals surface area contributed by atoms with Gasteiger partial charge in [-0.2, -0.15) is 0 Å². The van der Waals surface area contributed by atoms with E-state index in [0.717, 1.165) is 11.4 Å². The number of aromatic nitrogens is 2. The highest BCUT2D eigenvalue weighted by Crippen LogP contribution is 2.60. The highest BCUT2D eigenvalue weighted by Gasteiger charge is 2.53. The highest BCUT2D eigenvalue weighted by molar-refractivity contribution is 6.13. The Hall–Kier alpha value is -11.8. The zero-order valence-corrected chi connectivity index (χ0v) is 51.2. The van der Waals surface area contributed by atoms with Gasteiger partial charge in [-0.15, -0.1) is 0 Å². The molecule has 2 nitrogen and oxygen atoms in total. The van der Waals surface area contributed by atoms with Gasteiger partial charge in [-0.25, -0.2) is 0 Å². The SMILES string of the molecule is C1=CC2c3ccccc3C(c3ccc(-c4ccccc4-c4ccccc4)cc3)(c3cccc(-c4ccc(-c5ccc(-c6cccc(-n7c8ccccc8c8cc(-c9ccc%10c(c9)c9ccccc9n%10-c9cccc(-c%10ccccc%10)c9)ccc87)c6)cc5)cc4)c3)C2C=C1. The molecule has 2 aromatic heterocycles. The van der Waals surface area contributed by atoms with E-state index in [-0.39, 0.29) is 11.8 Å². The van der Waals surface area contributed by atoms with E-state index in [1.165, 1.54) is 144 Å². The van der Waals surface area contributed by atoms with Gasteiger partial charge in [0.15, 0.2) is 0 Å². The average molecular weight is 1180 g/mol. The molecule has 0 saturated heterocycles. The van der Waals surface area contributed by atoms with Gasteiger partial charge in [0.1, 0.15) is 0 Å². The molecule has 2 heteroatoms. The van der Waals surface area contributed by atoms with E-state index in [9.17, 15) is 0 Å². The van der Waals surface area contributed by atoms with E-state index in [2.05, 4.69) is 373 Å². The third-order valence-electron chi connectivity index (χ3n) is 20.1. The van der Waals surface area contributed by atoms with Crippen LogP contribution in [0.25, 0.3) is 133 Å². The molecule has 0 radical (unpaired) electrons. The maximum atomic E-state index is 2.47. The summed E-state index contributed by atoms with van der Waals surface area (Å²) in [5.74, 6) is 0.476. The van der Waals surface area contributed by atoms with Gasteiger partial charge in [0, 0.05) is 44.8 Å². The first-order valence-corrected chi connectivity index (χ1v) is 32.5. The molecule has 2 aliphatic carbocycles. The average Bonchev–Trinajstić information content (AvgIpc) is 1.56. The standard InChI is InChI=1S/C91H62N2/c1-3-20-61(21-4-1)69-25-18-28-75(57-69)92-87-38-15-11-34-81(87)83-59-71(50-54-89(83)92)72-51-55-90-84(60-72)82-35-12-16-39-88(82)93(90)76-29-19-26-70(58-76)65-46-42-63(43-47-65)62-40-44-64(45-41-62)68-24-17-27-74(56-68)91(85-36-13-9-32-79(85)80-33-10-14-37-86(80)91)73-52-48-67(49-53-73)78-31-8-7-30-77(78)66-22-5-2-6-23-66/h1-60,79,85H. The monoisotopic (exact) mass is 1180 g/mol. The Kier molecular flexibility index (Phi) is 13.0. The molecule has 2 heterocycles. The Morgan fingerprint density at radius 3 is 1.19 bits per heavy atom. The molecule has 14 aromatic carbocycles. The van der Waals surface area contributed by atoms with Gasteiger partial charge in [-0.1, -0.05) is 297 Å². The van der Waals surface area contributed by atoms with E-state index in [1.54, 1.807) is 0 Å². The minimum atomic E-state index is -0.411. The second-order valence-corrected chi connectivity index (χ2v) is 25.1. The van der Waals surface area contributed by atoms with E-state index in [1.807, 2.05) is 0 Å². The lowest BCUT2D eigenvalue weighted by Crippen LogP contribution is -2.35. The minimum Gasteiger partial charge on any atom is -0.309 e. The predicted octanol–water partition coefficient (Wildman–Crippen LogP) is 23.7. The summed E-state index contributed by atoms with van der Waals surface area (Å²) < 4.78 is 4.85. The normalized spacial score (nSPS) is 15.7. The molecule has 0 spiro atoms. The van der Waals surface area contributed by atoms with Crippen LogP contribution >= 0.6 is 0 Å². The van der Waals surface area contributed by atoms with Gasteiger partial charge in [0.05, 0.1) is 27.5 Å². The van der Waals surface area contributed by atoms with Gasteiger partial charge in [-0.05, 0) is 167 Å². The van der Waals surface area contributed by atoms with Crippen LogP contribution in [0.3, 0.4) is 0 Å². The van der Waals surface area contributed by atoms with E-state index >= 15 is 0 Å². The number of hydrogen-bond donors (Lipinski definition) is 0. The molecular weight excluding hydrogens is 1120 g/mol. The quantitative estimate of drug-likeness (QED) is 0.122. The Labute approximate surface area is 542 Å². The minimum absolute atomic E-state index is 0.208. The van der Waals surface area contributed by atoms with Crippen molar-refractivity contribution < 1.29 is 0 Å². The number of nitrogens with zero attached hydrogens (tertiary/aromatic N) is 2. The Morgan fingerprint density at radius 1 is 0.237 bits per heavy atom. The molecule has 93 heavy (non-hydrogen) atoms. The lowest BCUT2D eigenvalue weighted by molar-refractivity contribution is 0.457. The number of allylic oxidation sites excluding steroid dienone is 4. The highest BCUT2D eigenvalue weighted by atomic mass is 15.0. The van der Waals surface area contributed by atoms with Crippen molar-refractivity contribution >= 4 is 43.6 Å². The van der Waals surface area contributed by atoms with Crippen molar-refractivity contribution in [2.45, 2.75) is 11.3 Å². The van der Waals surface area contributed by atoms with E-state index in [4.69, 9.17) is 0 Å². The summed E-state index contributed by atoms with van der Waals surface area (Å²) in [7, 11) is 0. The van der Waals surface area contributed by atoms with Crippen LogP contribution in [0, 0.1) is 5.92 Å². The maximum Gasteiger partial charge on any atom is 0.0541 e. The van der Waals surface area contributed by atoms with Crippen LogP contribution in [-0.4, -0.2) is 9.13 Å². The first-order chi connectivity index (χ1) is 46.1. The Morgan fingerprint density at radius 2 is 0.624 bits per heavy atom. The summed E-state index contributed by atoms with van der Waals surface area (Å²) >= 11 is 0. The predicted molar refractivity (Wildman–Crippen MR) is 390 cm³/mol. The van der Waals surface area contributed by atoms with Gasteiger partial charge in [0.25, 0.3) is 0 Å². The lowest BCUT2D eigenvalue weighted by Gasteiger charge is -2.39. The molecule has 436 valence electrons. The molecule has 18 rings (SSSR count). The molecule has 3 unspecified atom stereocenters. The molecule has 2 aliphatic rings. The van der Waals surface area contributed by atoms with Crippen LogP contribution in [0.15, 0.2) is 364 Å². The van der Waals surface area contributed by atoms with Crippen molar-refractivity contribution in [2.24, 2.45) is 5.92 Å². The largest absolute Gasteiger partial charge is 0.309 e. The topological polar surface area (TPSA) is 9.86 Å². The number of hydrogen-bond acceptors (Lipinski definition) is 0. The zero-order valence-electron chi connectivity index (χ0n) is 51.2. The molecule has 0 bridgehead atoms. The zero-order chi connectivity index (χ0) is 61.4. The summed E-state index contributed by atoms with van der Waals surface area (Å²) in [6.07, 6.45) is 9.37. The third-order valence-corrected chi connectivity index (χ3v) is 20.1. The molecule has 0 aliphatic heterocycles. The number of benzene rings is 14. The summed E-state index contributed by atoms with van der Waals surface area (Å²) in [4.78, 5) is 0. The van der Waals surface area contributed by atoms with Crippen LogP contribution in [0.1, 0.15) is 28.2 Å². The molecule has 0 amide bonds. The van der Waals surface area contributed by atoms with Gasteiger partial charge in [-0.3, -0.25) is 0 Å². The van der Waals surface area contributed by atoms with Gasteiger partial charge >= 0.3 is 0 Å². The molecule has 0 fully saturated rings. The van der Waals surface area contributed by atoms with Crippen LogP contribution < -0.4 is 0 Å². The van der Waals surface area contributed by atoms with Crippen molar-refractivity contribution in [1.82, 2.24) is 9.13 Å². The lowest BCUT2D eigenvalue weighted by atomic mass is 9.63. The Balaban J connectivity index is 0.637. The second kappa shape index (κ2) is 22.3. The molecular formula is C91H62N2. The first kappa shape index (κ1) is 54.1. The smallest absolute Gasteiger partial charge is 0.0541 e. The molecule has 0 saturated carbocycles. The molecule has 3 atom stereocenters. The van der Waals surface area contributed by atoms with Crippen LogP contribution in [0.4, 0.5) is 0 Å². The fourth-order valence-electron chi connectivity index (χ4n) is 15.8. The number of rotatable bonds is 11. The fourth-order valence-corrected chi connectivity index (χ4v) is 15.8. The van der Waals surface area contributed by atoms with Gasteiger partial charge < -0.3 is 9.13 Å². The van der Waals surface area contributed by atoms with Crippen molar-refractivity contribution in [2.75, 3.05) is 0 Å². The second-order valence-electron chi connectivity index (χ2n) is 25.1. The van der Waals surface area contributed by atoms with Crippen LogP contribution in [0.2, 0.25) is 0 Å². The summed E-state index contributed by atoms with van der Waals surface area (Å²) in [5.41, 5.74) is 28.9. The Bertz CT molecular complexity index is 5610. The summed E-state index contributed by atoms with van der Waals surface area (Å²) in [6, 6.07) is 126. The molecule has 16 aromatic rings. The third kappa shape index (κ3) is 9.01. The maximum absolute atomic E-state index is 2.47. The van der Waals surface area contributed by atoms with Gasteiger partial charge in [0.2, 0.25) is 0 Å². The van der Waals surface area contributed by atoms with Crippen molar-refractivity contribution in [1.29, 1.82) is 0 Å². The summed E-state index contributed by atoms with van der Waals surface area (Å²) in [6.45, 7) is 0. The van der Waals surface area contributed by atoms with Crippen molar-refractivity contribution in [3.63, 3.8) is 0 Å². The van der Waals surface area contributed by atoms with Crippen molar-refractivity contribution in [3.05, 3.63) is 386 Å².